The van der Waals surface area contributed by atoms with Gasteiger partial charge >= 0.3 is 12.1 Å². The van der Waals surface area contributed by atoms with Gasteiger partial charge < -0.3 is 29.4 Å². The van der Waals surface area contributed by atoms with E-state index in [1.165, 1.54) is 24.1 Å². The van der Waals surface area contributed by atoms with Crippen LogP contribution in [0.3, 0.4) is 0 Å². The van der Waals surface area contributed by atoms with Gasteiger partial charge in [-0.15, -0.1) is 0 Å². The number of aryl methyl sites for hydroxylation is 1. The first kappa shape index (κ1) is 28.6. The van der Waals surface area contributed by atoms with Crippen molar-refractivity contribution in [3.05, 3.63) is 36.3 Å². The lowest BCUT2D eigenvalue weighted by molar-refractivity contribution is -0.292. The summed E-state index contributed by atoms with van der Waals surface area (Å²) in [6.07, 6.45) is -1.10. The van der Waals surface area contributed by atoms with Crippen molar-refractivity contribution in [1.29, 1.82) is 0 Å². The summed E-state index contributed by atoms with van der Waals surface area (Å²) in [6, 6.07) is 2.97. The van der Waals surface area contributed by atoms with Crippen molar-refractivity contribution in [3.8, 4) is 17.2 Å². The fourth-order valence-corrected chi connectivity index (χ4v) is 4.69. The molecule has 17 heteroatoms. The third kappa shape index (κ3) is 5.39. The molecule has 0 bridgehead atoms. The van der Waals surface area contributed by atoms with Gasteiger partial charge in [-0.3, -0.25) is 9.48 Å². The lowest BCUT2D eigenvalue weighted by Crippen LogP contribution is -2.36. The molecule has 2 aliphatic rings. The minimum Gasteiger partial charge on any atom is -0.491 e. The summed E-state index contributed by atoms with van der Waals surface area (Å²) in [5.74, 6) is -4.47. The molecule has 1 aliphatic carbocycles. The zero-order chi connectivity index (χ0) is 30.5. The van der Waals surface area contributed by atoms with Crippen molar-refractivity contribution < 1.29 is 41.0 Å². The van der Waals surface area contributed by atoms with E-state index in [-0.39, 0.29) is 60.4 Å². The van der Waals surface area contributed by atoms with E-state index in [9.17, 15) is 26.7 Å². The number of methoxy groups -OCH3 is 1. The molecule has 1 saturated heterocycles. The van der Waals surface area contributed by atoms with E-state index in [0.717, 1.165) is 12.8 Å². The molecule has 1 atom stereocenters. The summed E-state index contributed by atoms with van der Waals surface area (Å²) in [4.78, 5) is 24.9. The number of hydrogen-bond donors (Lipinski definition) is 2. The lowest BCUT2D eigenvalue weighted by atomic mass is 10.2. The Morgan fingerprint density at radius 1 is 1.12 bits per heavy atom. The van der Waals surface area contributed by atoms with Crippen LogP contribution in [0.2, 0.25) is 0 Å². The number of carbonyl (C=O) groups excluding carboxylic acids is 1. The quantitative estimate of drug-likeness (QED) is 0.250. The Kier molecular flexibility index (Phi) is 7.06. The number of fused-ring (bicyclic) bond motifs is 1. The largest absolute Gasteiger partial charge is 0.491 e. The van der Waals surface area contributed by atoms with Gasteiger partial charge in [-0.2, -0.15) is 32.0 Å². The average molecular weight is 609 g/mol. The Hall–Kier alpha value is -4.54. The number of nitrogens with one attached hydrogen (secondary N) is 2. The number of imidazole rings is 1. The molecule has 43 heavy (non-hydrogen) atoms. The van der Waals surface area contributed by atoms with Crippen molar-refractivity contribution >= 4 is 34.7 Å². The first-order valence-electron chi connectivity index (χ1n) is 13.2. The third-order valence-electron chi connectivity index (χ3n) is 7.09. The number of ether oxygens (including phenoxy) is 3. The molecule has 6 rings (SSSR count). The van der Waals surface area contributed by atoms with E-state index < -0.39 is 23.8 Å². The highest BCUT2D eigenvalue weighted by Crippen LogP contribution is 2.46. The van der Waals surface area contributed by atoms with E-state index in [1.54, 1.807) is 19.2 Å². The van der Waals surface area contributed by atoms with Gasteiger partial charge in [-0.05, 0) is 25.3 Å². The number of amides is 1. The molecular weight excluding hydrogens is 583 g/mol. The summed E-state index contributed by atoms with van der Waals surface area (Å²) in [5.41, 5.74) is -0.803. The van der Waals surface area contributed by atoms with E-state index in [4.69, 9.17) is 14.2 Å². The second kappa shape index (κ2) is 10.6. The van der Waals surface area contributed by atoms with Crippen LogP contribution in [0.5, 0.6) is 17.2 Å². The molecule has 4 aromatic heterocycles. The Morgan fingerprint density at radius 2 is 1.91 bits per heavy atom. The predicted molar refractivity (Wildman–Crippen MR) is 141 cm³/mol. The molecular formula is C26H25F5N8O4. The van der Waals surface area contributed by atoms with Crippen LogP contribution in [-0.2, 0) is 22.5 Å². The monoisotopic (exact) mass is 608 g/mol. The normalized spacial score (nSPS) is 17.3. The fourth-order valence-electron chi connectivity index (χ4n) is 4.69. The summed E-state index contributed by atoms with van der Waals surface area (Å²) >= 11 is 0. The molecule has 0 unspecified atom stereocenters. The number of carbonyl (C=O) groups is 1. The topological polar surface area (TPSA) is 130 Å². The van der Waals surface area contributed by atoms with Gasteiger partial charge in [0, 0.05) is 37.9 Å². The van der Waals surface area contributed by atoms with Crippen LogP contribution in [0, 0.1) is 5.92 Å². The van der Waals surface area contributed by atoms with Crippen LogP contribution in [0.1, 0.15) is 31.0 Å². The molecule has 1 aliphatic heterocycles. The van der Waals surface area contributed by atoms with Crippen LogP contribution >= 0.6 is 0 Å². The maximum atomic E-state index is 14.5. The molecule has 0 radical (unpaired) electrons. The minimum atomic E-state index is -5.83. The maximum Gasteiger partial charge on any atom is 0.459 e. The molecule has 5 heterocycles. The molecule has 1 amide bonds. The van der Waals surface area contributed by atoms with Gasteiger partial charge in [0.2, 0.25) is 11.9 Å². The zero-order valence-electron chi connectivity index (χ0n) is 22.8. The Balaban J connectivity index is 1.30. The second-order valence-corrected chi connectivity index (χ2v) is 10.1. The number of halogens is 5. The Bertz CT molecular complexity index is 1680. The van der Waals surface area contributed by atoms with E-state index in [1.807, 2.05) is 0 Å². The second-order valence-electron chi connectivity index (χ2n) is 10.1. The van der Waals surface area contributed by atoms with E-state index in [2.05, 4.69) is 30.7 Å². The summed E-state index contributed by atoms with van der Waals surface area (Å²) < 4.78 is 87.7. The molecule has 12 nitrogen and oxygen atoms in total. The van der Waals surface area contributed by atoms with Gasteiger partial charge in [0.15, 0.2) is 23.0 Å². The molecule has 4 aromatic rings. The van der Waals surface area contributed by atoms with Crippen LogP contribution < -0.4 is 20.1 Å². The van der Waals surface area contributed by atoms with E-state index in [0.29, 0.717) is 27.8 Å². The number of rotatable bonds is 9. The van der Waals surface area contributed by atoms with E-state index >= 15 is 0 Å². The Morgan fingerprint density at radius 3 is 2.58 bits per heavy atom. The smallest absolute Gasteiger partial charge is 0.459 e. The number of anilines is 3. The lowest BCUT2D eigenvalue weighted by Gasteiger charge is -2.22. The van der Waals surface area contributed by atoms with Gasteiger partial charge in [-0.25, -0.2) is 9.97 Å². The van der Waals surface area contributed by atoms with Crippen molar-refractivity contribution in [2.45, 2.75) is 37.4 Å². The summed E-state index contributed by atoms with van der Waals surface area (Å²) in [5, 5.41) is 9.48. The van der Waals surface area contributed by atoms with Crippen molar-refractivity contribution in [3.63, 3.8) is 0 Å². The highest BCUT2D eigenvalue weighted by atomic mass is 19.4. The predicted octanol–water partition coefficient (Wildman–Crippen LogP) is 5.07. The zero-order valence-corrected chi connectivity index (χ0v) is 22.8. The van der Waals surface area contributed by atoms with Crippen molar-refractivity contribution in [1.82, 2.24) is 29.3 Å². The highest BCUT2D eigenvalue weighted by Gasteiger charge is 2.61. The van der Waals surface area contributed by atoms with Gasteiger partial charge in [0.25, 0.3) is 0 Å². The van der Waals surface area contributed by atoms with Gasteiger partial charge in [-0.1, -0.05) is 0 Å². The SMILES string of the molecule is COc1c(Oc2ccnc(NC(=O)C3CC3)c2)cnc2nc(Nc3cc(C(F)(F)C(F)(F)F)n([C@H]4CCOC4)n3)n(C)c12. The molecule has 228 valence electrons. The number of alkyl halides is 5. The molecule has 0 aromatic carbocycles. The first-order chi connectivity index (χ1) is 20.5. The molecule has 2 N–H and O–H groups in total. The van der Waals surface area contributed by atoms with Crippen LogP contribution in [0.25, 0.3) is 11.2 Å². The minimum absolute atomic E-state index is 0.0103. The Labute approximate surface area is 240 Å². The van der Waals surface area contributed by atoms with Crippen LogP contribution in [-0.4, -0.2) is 61.7 Å². The fraction of sp³-hybridized carbons (Fsp3) is 0.423. The van der Waals surface area contributed by atoms with Gasteiger partial charge in [0.05, 0.1) is 26.0 Å². The highest BCUT2D eigenvalue weighted by molar-refractivity contribution is 5.93. The maximum absolute atomic E-state index is 14.5. The summed E-state index contributed by atoms with van der Waals surface area (Å²) in [6.45, 7) is 0.158. The number of hydrogen-bond acceptors (Lipinski definition) is 9. The van der Waals surface area contributed by atoms with Gasteiger partial charge in [0.1, 0.15) is 22.8 Å². The average Bonchev–Trinajstić information content (AvgIpc) is 3.35. The van der Waals surface area contributed by atoms with Crippen LogP contribution in [0.4, 0.5) is 39.5 Å². The summed E-state index contributed by atoms with van der Waals surface area (Å²) in [7, 11) is 2.96. The number of nitrogens with zero attached hydrogens (tertiary/aromatic N) is 6. The van der Waals surface area contributed by atoms with Crippen molar-refractivity contribution in [2.75, 3.05) is 31.0 Å². The first-order valence-corrected chi connectivity index (χ1v) is 13.2. The molecule has 1 saturated carbocycles. The molecule has 0 spiro atoms. The number of aromatic nitrogens is 6. The standard InChI is InChI=1S/C26H25F5N8O4/c1-38-20-21(41-2)16(43-15-5-7-32-18(9-15)34-23(40)13-3-4-13)11-33-22(20)36-24(38)35-19-10-17(25(27,28)26(29,30)31)39(37-19)14-6-8-42-12-14/h5,7,9-11,13-14H,3-4,6,8,12H2,1-2H3,(H,32,34,40)(H,33,35,36,37)/t14-/m0/s1. The van der Waals surface area contributed by atoms with Crippen LogP contribution in [0.15, 0.2) is 30.6 Å². The number of pyridine rings is 2. The third-order valence-corrected chi connectivity index (χ3v) is 7.09. The van der Waals surface area contributed by atoms with Crippen molar-refractivity contribution in [2.24, 2.45) is 13.0 Å². The molecule has 2 fully saturated rings.